The maximum absolute atomic E-state index is 13.1. The summed E-state index contributed by atoms with van der Waals surface area (Å²) >= 11 is 1.09. The number of nitriles is 1. The second kappa shape index (κ2) is 13.2. The fourth-order valence-electron chi connectivity index (χ4n) is 6.95. The van der Waals surface area contributed by atoms with Gasteiger partial charge in [0.05, 0.1) is 11.8 Å². The van der Waals surface area contributed by atoms with Crippen LogP contribution in [0.5, 0.6) is 0 Å². The van der Waals surface area contributed by atoms with Crippen LogP contribution in [0.15, 0.2) is 24.3 Å². The number of nitrogens with one attached hydrogen (secondary N) is 2. The van der Waals surface area contributed by atoms with Gasteiger partial charge in [-0.25, -0.2) is 9.97 Å². The Hall–Kier alpha value is -3.69. The Kier molecular flexibility index (Phi) is 9.26. The van der Waals surface area contributed by atoms with Crippen LogP contribution in [0.4, 0.5) is 19.0 Å². The van der Waals surface area contributed by atoms with Gasteiger partial charge in [0.1, 0.15) is 28.2 Å². The first-order valence-electron chi connectivity index (χ1n) is 16.1. The van der Waals surface area contributed by atoms with Crippen LogP contribution < -0.4 is 10.6 Å². The van der Waals surface area contributed by atoms with Crippen molar-refractivity contribution in [3.8, 4) is 6.07 Å². The molecule has 0 bridgehead atoms. The minimum absolute atomic E-state index is 0.110. The average Bonchev–Trinajstić information content (AvgIpc) is 3.59. The molecule has 2 aliphatic rings. The molecule has 0 aliphatic carbocycles. The van der Waals surface area contributed by atoms with Crippen molar-refractivity contribution in [3.63, 3.8) is 0 Å². The zero-order valence-electron chi connectivity index (χ0n) is 26.5. The molecule has 5 heterocycles. The van der Waals surface area contributed by atoms with Gasteiger partial charge < -0.3 is 15.2 Å². The van der Waals surface area contributed by atoms with E-state index in [9.17, 15) is 23.2 Å². The number of piperidine rings is 2. The first kappa shape index (κ1) is 32.3. The molecular weight excluding hydrogens is 611 g/mol. The third kappa shape index (κ3) is 7.00. The molecule has 8 nitrogen and oxygen atoms in total. The number of hydrogen-bond donors (Lipinski definition) is 2. The van der Waals surface area contributed by atoms with Crippen molar-refractivity contribution in [2.24, 2.45) is 11.8 Å². The van der Waals surface area contributed by atoms with Crippen LogP contribution in [0, 0.1) is 30.1 Å². The number of fused-ring (bicyclic) bond motifs is 2. The summed E-state index contributed by atoms with van der Waals surface area (Å²) in [5.41, 5.74) is 4.12. The number of benzene rings is 1. The van der Waals surface area contributed by atoms with Crippen molar-refractivity contribution in [1.82, 2.24) is 24.8 Å². The second-order valence-corrected chi connectivity index (χ2v) is 14.0. The first-order chi connectivity index (χ1) is 22.0. The molecule has 0 saturated carbocycles. The molecule has 1 amide bonds. The highest BCUT2D eigenvalue weighted by Gasteiger charge is 2.30. The van der Waals surface area contributed by atoms with Gasteiger partial charge >= 0.3 is 6.18 Å². The molecule has 0 spiro atoms. The Morgan fingerprint density at radius 3 is 2.65 bits per heavy atom. The van der Waals surface area contributed by atoms with E-state index in [4.69, 9.17) is 0 Å². The lowest BCUT2D eigenvalue weighted by molar-refractivity contribution is -0.126. The summed E-state index contributed by atoms with van der Waals surface area (Å²) in [6.45, 7) is 10.2. The molecule has 12 heteroatoms. The molecule has 6 rings (SSSR count). The highest BCUT2D eigenvalue weighted by molar-refractivity contribution is 7.18. The molecule has 2 fully saturated rings. The van der Waals surface area contributed by atoms with Crippen molar-refractivity contribution in [1.29, 1.82) is 5.26 Å². The van der Waals surface area contributed by atoms with E-state index >= 15 is 0 Å². The SMILES string of the molecule is CCc1nc(NC2CCN(Cc3ccc4c(cc(C#N)n4C[C@H](C)C4CCNC(=O)C4)c3C)CC2)c2cc(CC(F)(F)F)sc2n1. The Morgan fingerprint density at radius 1 is 1.17 bits per heavy atom. The number of carbonyl (C=O) groups is 1. The van der Waals surface area contributed by atoms with Gasteiger partial charge in [-0.1, -0.05) is 19.9 Å². The molecule has 2 saturated heterocycles. The third-order valence-corrected chi connectivity index (χ3v) is 10.7. The van der Waals surface area contributed by atoms with Crippen molar-refractivity contribution >= 4 is 44.2 Å². The van der Waals surface area contributed by atoms with Gasteiger partial charge in [0.2, 0.25) is 5.91 Å². The molecule has 3 aromatic heterocycles. The first-order valence-corrected chi connectivity index (χ1v) is 17.0. The highest BCUT2D eigenvalue weighted by atomic mass is 32.1. The molecule has 1 unspecified atom stereocenters. The molecular formula is C34H40F3N7OS. The summed E-state index contributed by atoms with van der Waals surface area (Å²) in [5, 5.41) is 18.2. The van der Waals surface area contributed by atoms with E-state index in [-0.39, 0.29) is 22.7 Å². The second-order valence-electron chi connectivity index (χ2n) is 12.9. The van der Waals surface area contributed by atoms with Gasteiger partial charge in [0.15, 0.2) is 0 Å². The van der Waals surface area contributed by atoms with Crippen molar-refractivity contribution in [2.45, 2.75) is 84.6 Å². The normalized spacial score (nSPS) is 19.0. The number of hydrogen-bond acceptors (Lipinski definition) is 7. The Morgan fingerprint density at radius 2 is 1.96 bits per heavy atom. The monoisotopic (exact) mass is 651 g/mol. The Bertz CT molecular complexity index is 1780. The Labute approximate surface area is 271 Å². The molecule has 46 heavy (non-hydrogen) atoms. The van der Waals surface area contributed by atoms with Gasteiger partial charge in [-0.3, -0.25) is 9.69 Å². The van der Waals surface area contributed by atoms with E-state index in [0.717, 1.165) is 61.1 Å². The maximum Gasteiger partial charge on any atom is 0.393 e. The summed E-state index contributed by atoms with van der Waals surface area (Å²) in [5.74, 6) is 1.95. The quantitative estimate of drug-likeness (QED) is 0.208. The lowest BCUT2D eigenvalue weighted by Gasteiger charge is -2.33. The number of nitrogens with zero attached hydrogens (tertiary/aromatic N) is 5. The van der Waals surface area contributed by atoms with Crippen LogP contribution in [-0.2, 0) is 30.7 Å². The number of halogens is 3. The lowest BCUT2D eigenvalue weighted by Crippen LogP contribution is -2.39. The minimum Gasteiger partial charge on any atom is -0.367 e. The van der Waals surface area contributed by atoms with Crippen LogP contribution in [0.2, 0.25) is 0 Å². The van der Waals surface area contributed by atoms with E-state index in [0.29, 0.717) is 59.4 Å². The predicted octanol–water partition coefficient (Wildman–Crippen LogP) is 6.73. The summed E-state index contributed by atoms with van der Waals surface area (Å²) in [7, 11) is 0. The lowest BCUT2D eigenvalue weighted by atomic mass is 9.85. The number of amides is 1. The van der Waals surface area contributed by atoms with Gasteiger partial charge in [-0.05, 0) is 67.3 Å². The zero-order valence-corrected chi connectivity index (χ0v) is 27.3. The topological polar surface area (TPSA) is 98.9 Å². The number of anilines is 1. The predicted molar refractivity (Wildman–Crippen MR) is 175 cm³/mol. The van der Waals surface area contributed by atoms with E-state index in [2.05, 4.69) is 62.1 Å². The number of likely N-dealkylation sites (tertiary alicyclic amines) is 1. The van der Waals surface area contributed by atoms with E-state index < -0.39 is 12.6 Å². The van der Waals surface area contributed by atoms with Gasteiger partial charge in [0.25, 0.3) is 0 Å². The maximum atomic E-state index is 13.1. The number of carbonyl (C=O) groups excluding carboxylic acids is 1. The largest absolute Gasteiger partial charge is 0.393 e. The molecule has 0 radical (unpaired) electrons. The summed E-state index contributed by atoms with van der Waals surface area (Å²) in [6.07, 6.45) is -1.33. The molecule has 2 atom stereocenters. The molecule has 2 N–H and O–H groups in total. The summed E-state index contributed by atoms with van der Waals surface area (Å²) in [6, 6.07) is 10.5. The van der Waals surface area contributed by atoms with Gasteiger partial charge in [-0.2, -0.15) is 18.4 Å². The smallest absolute Gasteiger partial charge is 0.367 e. The molecule has 2 aliphatic heterocycles. The molecule has 244 valence electrons. The molecule has 1 aromatic carbocycles. The Balaban J connectivity index is 1.12. The van der Waals surface area contributed by atoms with E-state index in [1.54, 1.807) is 6.07 Å². The van der Waals surface area contributed by atoms with E-state index in [1.807, 2.05) is 13.0 Å². The standard InChI is InChI=1S/C34H40F3N7OS/c1-4-30-41-32(28-15-26(16-34(35,36)37)46-33(28)42-30)40-24-8-11-43(12-9-24)19-23-5-6-29-27(21(23)3)14-25(17-38)44(29)18-20(2)22-7-10-39-31(45)13-22/h5-6,14-15,20,22,24H,4,7-13,16,18-19H2,1-3H3,(H,39,45)(H,40,41,42)/t20-,22?/m0/s1. The van der Waals surface area contributed by atoms with Crippen molar-refractivity contribution < 1.29 is 18.0 Å². The fraction of sp³-hybridized carbons (Fsp3) is 0.529. The number of thiophene rings is 1. The molecule has 4 aromatic rings. The summed E-state index contributed by atoms with van der Waals surface area (Å²) < 4.78 is 41.3. The number of aryl methyl sites for hydroxylation is 2. The van der Waals surface area contributed by atoms with Crippen molar-refractivity contribution in [3.05, 3.63) is 51.8 Å². The van der Waals surface area contributed by atoms with Gasteiger partial charge in [0, 0.05) is 67.4 Å². The average molecular weight is 652 g/mol. The third-order valence-electron chi connectivity index (χ3n) is 9.64. The van der Waals surface area contributed by atoms with Crippen LogP contribution in [0.3, 0.4) is 0 Å². The van der Waals surface area contributed by atoms with E-state index in [1.165, 1.54) is 11.1 Å². The summed E-state index contributed by atoms with van der Waals surface area (Å²) in [4.78, 5) is 24.4. The van der Waals surface area contributed by atoms with Crippen LogP contribution in [-0.4, -0.2) is 57.2 Å². The van der Waals surface area contributed by atoms with Gasteiger partial charge in [-0.15, -0.1) is 11.3 Å². The highest BCUT2D eigenvalue weighted by Crippen LogP contribution is 2.35. The van der Waals surface area contributed by atoms with Crippen LogP contribution >= 0.6 is 11.3 Å². The number of rotatable bonds is 9. The number of aromatic nitrogens is 3. The zero-order chi connectivity index (χ0) is 32.6. The van der Waals surface area contributed by atoms with Crippen LogP contribution in [0.1, 0.15) is 67.1 Å². The number of alkyl halides is 3. The van der Waals surface area contributed by atoms with Crippen molar-refractivity contribution in [2.75, 3.05) is 25.0 Å². The minimum atomic E-state index is -4.26. The van der Waals surface area contributed by atoms with Crippen LogP contribution in [0.25, 0.3) is 21.1 Å². The fourth-order valence-corrected chi connectivity index (χ4v) is 8.03.